The van der Waals surface area contributed by atoms with Crippen LogP contribution in [0.5, 0.6) is 0 Å². The number of fused-ring (bicyclic) bond motifs is 12. The third kappa shape index (κ3) is 3.78. The molecule has 226 valence electrons. The number of hydrogen-bond acceptors (Lipinski definition) is 2. The van der Waals surface area contributed by atoms with Crippen molar-refractivity contribution in [2.24, 2.45) is 0 Å². The molecular formula is C46H27N3. The van der Waals surface area contributed by atoms with E-state index in [1.165, 1.54) is 76.7 Å². The van der Waals surface area contributed by atoms with E-state index in [4.69, 9.17) is 9.97 Å². The molecule has 11 aromatic rings. The smallest absolute Gasteiger partial charge is 0.0971 e. The molecule has 0 spiro atoms. The first-order valence-corrected chi connectivity index (χ1v) is 16.7. The minimum absolute atomic E-state index is 0.938. The molecule has 3 nitrogen and oxygen atoms in total. The van der Waals surface area contributed by atoms with Gasteiger partial charge in [-0.15, -0.1) is 0 Å². The summed E-state index contributed by atoms with van der Waals surface area (Å²) in [4.78, 5) is 9.52. The lowest BCUT2D eigenvalue weighted by Gasteiger charge is -2.12. The minimum atomic E-state index is 0.938. The molecule has 0 fully saturated rings. The van der Waals surface area contributed by atoms with Crippen LogP contribution in [0.3, 0.4) is 0 Å². The second-order valence-electron chi connectivity index (χ2n) is 13.0. The first kappa shape index (κ1) is 26.5. The number of benzene rings is 8. The Hall–Kier alpha value is -6.58. The molecule has 11 rings (SSSR count). The molecule has 0 atom stereocenters. The highest BCUT2D eigenvalue weighted by Crippen LogP contribution is 2.41. The SMILES string of the molecule is c1cc(-c2cccc(-c3ccc4c(c3)c3cccc5c6ccccc6n4c53)c2)cc(-c2ccc3c4ccccc4c4nccnc4c3c2)c1. The molecule has 0 unspecified atom stereocenters. The van der Waals surface area contributed by atoms with Gasteiger partial charge in [-0.2, -0.15) is 0 Å². The van der Waals surface area contributed by atoms with E-state index in [0.717, 1.165) is 27.4 Å². The fourth-order valence-corrected chi connectivity index (χ4v) is 8.18. The molecule has 0 aliphatic carbocycles. The van der Waals surface area contributed by atoms with Crippen LogP contribution in [-0.4, -0.2) is 14.4 Å². The lowest BCUT2D eigenvalue weighted by atomic mass is 9.93. The summed E-state index contributed by atoms with van der Waals surface area (Å²) in [5, 5.41) is 9.87. The summed E-state index contributed by atoms with van der Waals surface area (Å²) in [6, 6.07) is 55.4. The third-order valence-electron chi connectivity index (χ3n) is 10.4. The molecule has 3 heteroatoms. The highest BCUT2D eigenvalue weighted by Gasteiger charge is 2.17. The number of rotatable bonds is 3. The average Bonchev–Trinajstić information content (AvgIpc) is 3.70. The van der Waals surface area contributed by atoms with Gasteiger partial charge in [-0.3, -0.25) is 9.97 Å². The zero-order chi connectivity index (χ0) is 32.1. The Bertz CT molecular complexity index is 3080. The molecule has 0 radical (unpaired) electrons. The van der Waals surface area contributed by atoms with Gasteiger partial charge < -0.3 is 4.40 Å². The molecule has 8 aromatic carbocycles. The van der Waals surface area contributed by atoms with Gasteiger partial charge in [0.05, 0.1) is 27.6 Å². The zero-order valence-electron chi connectivity index (χ0n) is 26.4. The minimum Gasteiger partial charge on any atom is -0.308 e. The molecule has 3 aromatic heterocycles. The van der Waals surface area contributed by atoms with Crippen molar-refractivity contribution in [3.05, 3.63) is 164 Å². The topological polar surface area (TPSA) is 30.2 Å². The van der Waals surface area contributed by atoms with Gasteiger partial charge in [0.25, 0.3) is 0 Å². The molecule has 0 aliphatic rings. The van der Waals surface area contributed by atoms with Crippen LogP contribution in [0.25, 0.3) is 104 Å². The highest BCUT2D eigenvalue weighted by molar-refractivity contribution is 6.24. The van der Waals surface area contributed by atoms with Crippen molar-refractivity contribution in [2.75, 3.05) is 0 Å². The van der Waals surface area contributed by atoms with Gasteiger partial charge in [0, 0.05) is 44.7 Å². The Balaban J connectivity index is 1.02. The van der Waals surface area contributed by atoms with E-state index >= 15 is 0 Å². The van der Waals surface area contributed by atoms with Gasteiger partial charge in [-0.1, -0.05) is 115 Å². The normalized spacial score (nSPS) is 12.1. The van der Waals surface area contributed by atoms with Gasteiger partial charge in [0.1, 0.15) is 0 Å². The van der Waals surface area contributed by atoms with Crippen LogP contribution in [0, 0.1) is 0 Å². The summed E-state index contributed by atoms with van der Waals surface area (Å²) in [5.41, 5.74) is 12.9. The van der Waals surface area contributed by atoms with E-state index < -0.39 is 0 Å². The summed E-state index contributed by atoms with van der Waals surface area (Å²) in [7, 11) is 0. The number of para-hydroxylation sites is 2. The maximum Gasteiger partial charge on any atom is 0.0971 e. The summed E-state index contributed by atoms with van der Waals surface area (Å²) in [6.07, 6.45) is 3.57. The first-order chi connectivity index (χ1) is 24.3. The number of nitrogens with zero attached hydrogens (tertiary/aromatic N) is 3. The van der Waals surface area contributed by atoms with Gasteiger partial charge in [0.2, 0.25) is 0 Å². The van der Waals surface area contributed by atoms with Crippen LogP contribution >= 0.6 is 0 Å². The van der Waals surface area contributed by atoms with Crippen molar-refractivity contribution in [3.8, 4) is 33.4 Å². The van der Waals surface area contributed by atoms with E-state index in [1.54, 1.807) is 12.4 Å². The predicted molar refractivity (Wildman–Crippen MR) is 206 cm³/mol. The molecule has 0 N–H and O–H groups in total. The molecule has 3 heterocycles. The van der Waals surface area contributed by atoms with Crippen LogP contribution in [-0.2, 0) is 0 Å². The molecule has 0 aliphatic heterocycles. The van der Waals surface area contributed by atoms with E-state index in [9.17, 15) is 0 Å². The zero-order valence-corrected chi connectivity index (χ0v) is 26.4. The maximum atomic E-state index is 4.79. The van der Waals surface area contributed by atoms with Crippen LogP contribution in [0.15, 0.2) is 164 Å². The molecular weight excluding hydrogens is 595 g/mol. The van der Waals surface area contributed by atoms with Crippen molar-refractivity contribution < 1.29 is 0 Å². The van der Waals surface area contributed by atoms with E-state index in [-0.39, 0.29) is 0 Å². The van der Waals surface area contributed by atoms with Crippen LogP contribution in [0.1, 0.15) is 0 Å². The molecule has 0 bridgehead atoms. The Kier molecular flexibility index (Phi) is 5.38. The van der Waals surface area contributed by atoms with Gasteiger partial charge in [-0.05, 0) is 80.6 Å². The number of hydrogen-bond donors (Lipinski definition) is 0. The molecule has 49 heavy (non-hydrogen) atoms. The lowest BCUT2D eigenvalue weighted by Crippen LogP contribution is -1.89. The highest BCUT2D eigenvalue weighted by atomic mass is 14.9. The fourth-order valence-electron chi connectivity index (χ4n) is 8.18. The van der Waals surface area contributed by atoms with Crippen molar-refractivity contribution in [1.82, 2.24) is 14.4 Å². The van der Waals surface area contributed by atoms with Gasteiger partial charge in [0.15, 0.2) is 0 Å². The largest absolute Gasteiger partial charge is 0.308 e. The molecule has 0 saturated carbocycles. The second-order valence-corrected chi connectivity index (χ2v) is 13.0. The van der Waals surface area contributed by atoms with Gasteiger partial charge in [-0.25, -0.2) is 0 Å². The van der Waals surface area contributed by atoms with Gasteiger partial charge >= 0.3 is 0 Å². The van der Waals surface area contributed by atoms with Crippen molar-refractivity contribution in [1.29, 1.82) is 0 Å². The second kappa shape index (κ2) is 9.96. The Morgan fingerprint density at radius 1 is 0.306 bits per heavy atom. The van der Waals surface area contributed by atoms with E-state index in [0.29, 0.717) is 0 Å². The van der Waals surface area contributed by atoms with E-state index in [1.807, 2.05) is 0 Å². The van der Waals surface area contributed by atoms with Crippen molar-refractivity contribution in [3.63, 3.8) is 0 Å². The average molecular weight is 622 g/mol. The summed E-state index contributed by atoms with van der Waals surface area (Å²) >= 11 is 0. The quantitative estimate of drug-likeness (QED) is 0.184. The summed E-state index contributed by atoms with van der Waals surface area (Å²) < 4.78 is 2.44. The molecule has 0 amide bonds. The van der Waals surface area contributed by atoms with Crippen LogP contribution in [0.4, 0.5) is 0 Å². The molecule has 0 saturated heterocycles. The maximum absolute atomic E-state index is 4.79. The standard InChI is InChI=1S/C46H27N3/c1-2-14-37-34(12-1)35-20-18-32(27-41(35)45-44(37)47-22-23-48-45)30-10-5-8-28(24-30)29-9-6-11-31(25-29)33-19-21-43-40(26-33)39-16-7-15-38-36-13-3-4-17-42(36)49(43)46(38)39/h1-27H. The summed E-state index contributed by atoms with van der Waals surface area (Å²) in [6.45, 7) is 0. The lowest BCUT2D eigenvalue weighted by molar-refractivity contribution is 1.31. The van der Waals surface area contributed by atoms with Crippen molar-refractivity contribution in [2.45, 2.75) is 0 Å². The predicted octanol–water partition coefficient (Wildman–Crippen LogP) is 12.1. The van der Waals surface area contributed by atoms with E-state index in [2.05, 4.69) is 156 Å². The number of aromatic nitrogens is 3. The Morgan fingerprint density at radius 2 is 0.776 bits per heavy atom. The van der Waals surface area contributed by atoms with Crippen molar-refractivity contribution >= 4 is 70.7 Å². The first-order valence-electron chi connectivity index (χ1n) is 16.7. The van der Waals surface area contributed by atoms with Crippen LogP contribution < -0.4 is 0 Å². The monoisotopic (exact) mass is 621 g/mol. The Labute approximate surface area is 281 Å². The fraction of sp³-hybridized carbons (Fsp3) is 0. The Morgan fingerprint density at radius 3 is 1.49 bits per heavy atom. The van der Waals surface area contributed by atoms with Crippen LogP contribution in [0.2, 0.25) is 0 Å². The summed E-state index contributed by atoms with van der Waals surface area (Å²) in [5.74, 6) is 0. The third-order valence-corrected chi connectivity index (χ3v) is 10.4.